The topological polar surface area (TPSA) is 46.2 Å². The monoisotopic (exact) mass is 442 g/mol. The average Bonchev–Trinajstić information content (AvgIpc) is 3.10. The highest BCUT2D eigenvalue weighted by atomic mass is 28.4. The Hall–Kier alpha value is -0.243. The largest absolute Gasteiger partial charge is 0.408 e. The maximum absolute atomic E-state index is 6.93. The van der Waals surface area contributed by atoms with Gasteiger partial charge in [0.15, 0.2) is 19.9 Å². The lowest BCUT2D eigenvalue weighted by atomic mass is 10.0. The molecule has 0 saturated carbocycles. The molecule has 5 nitrogen and oxygen atoms in total. The maximum Gasteiger partial charge on any atom is 0.192 e. The minimum absolute atomic E-state index is 0.0840. The van der Waals surface area contributed by atoms with Crippen molar-refractivity contribution in [2.45, 2.75) is 135 Å². The fraction of sp³-hybridized carbons (Fsp3) is 0.917. The van der Waals surface area contributed by atoms with Gasteiger partial charge in [-0.05, 0) is 58.7 Å². The smallest absolute Gasteiger partial charge is 0.192 e. The van der Waals surface area contributed by atoms with Crippen LogP contribution in [0.3, 0.4) is 0 Å². The highest BCUT2D eigenvalue weighted by Crippen LogP contribution is 2.42. The summed E-state index contributed by atoms with van der Waals surface area (Å²) in [6.07, 6.45) is 8.30. The highest BCUT2D eigenvalue weighted by molar-refractivity contribution is 6.74. The van der Waals surface area contributed by atoms with Crippen LogP contribution in [-0.2, 0) is 23.4 Å². The van der Waals surface area contributed by atoms with E-state index in [1.165, 1.54) is 19.3 Å². The number of hydrogen-bond donors (Lipinski definition) is 0. The van der Waals surface area contributed by atoms with E-state index in [2.05, 4.69) is 52.9 Å². The Labute approximate surface area is 186 Å². The van der Waals surface area contributed by atoms with Gasteiger partial charge in [-0.3, -0.25) is 0 Å². The summed E-state index contributed by atoms with van der Waals surface area (Å²) in [6, 6.07) is 0. The second-order valence-electron chi connectivity index (χ2n) is 11.2. The van der Waals surface area contributed by atoms with E-state index in [0.717, 1.165) is 6.42 Å². The van der Waals surface area contributed by atoms with E-state index in [0.29, 0.717) is 6.61 Å². The number of allylic oxidation sites excluding steroid dienone is 1. The van der Waals surface area contributed by atoms with Gasteiger partial charge in [0.25, 0.3) is 0 Å². The molecule has 0 amide bonds. The Kier molecular flexibility index (Phi) is 8.42. The zero-order valence-corrected chi connectivity index (χ0v) is 22.0. The van der Waals surface area contributed by atoms with Gasteiger partial charge < -0.3 is 23.4 Å². The predicted octanol–water partition coefficient (Wildman–Crippen LogP) is 6.18. The van der Waals surface area contributed by atoms with Crippen LogP contribution in [0.2, 0.25) is 18.1 Å². The van der Waals surface area contributed by atoms with Crippen molar-refractivity contribution in [1.82, 2.24) is 0 Å². The Morgan fingerprint density at radius 2 is 1.70 bits per heavy atom. The molecule has 2 aliphatic heterocycles. The molecule has 0 aromatic carbocycles. The summed E-state index contributed by atoms with van der Waals surface area (Å²) in [5, 5.41) is 0.0840. The van der Waals surface area contributed by atoms with Crippen LogP contribution >= 0.6 is 0 Å². The first-order valence-electron chi connectivity index (χ1n) is 11.7. The van der Waals surface area contributed by atoms with Crippen LogP contribution in [0.5, 0.6) is 0 Å². The molecule has 2 rings (SSSR count). The third-order valence-corrected chi connectivity index (χ3v) is 10.9. The quantitative estimate of drug-likeness (QED) is 0.242. The Bertz CT molecular complexity index is 579. The molecule has 2 aliphatic rings. The summed E-state index contributed by atoms with van der Waals surface area (Å²) in [6.45, 7) is 21.9. The molecule has 0 N–H and O–H groups in total. The van der Waals surface area contributed by atoms with E-state index in [4.69, 9.17) is 23.4 Å². The van der Waals surface area contributed by atoms with Gasteiger partial charge in [-0.15, -0.1) is 0 Å². The summed E-state index contributed by atoms with van der Waals surface area (Å²) >= 11 is 0. The van der Waals surface area contributed by atoms with Gasteiger partial charge in [-0.2, -0.15) is 0 Å². The molecule has 4 atom stereocenters. The van der Waals surface area contributed by atoms with Crippen molar-refractivity contribution in [3.8, 4) is 0 Å². The Balaban J connectivity index is 2.27. The van der Waals surface area contributed by atoms with Gasteiger partial charge in [0.1, 0.15) is 24.4 Å². The number of unbranched alkanes of at least 4 members (excludes halogenated alkanes) is 3. The lowest BCUT2D eigenvalue weighted by Gasteiger charge is -2.42. The van der Waals surface area contributed by atoms with Crippen LogP contribution in [0.1, 0.15) is 81.1 Å². The number of rotatable bonds is 9. The van der Waals surface area contributed by atoms with Crippen molar-refractivity contribution >= 4 is 8.32 Å². The Morgan fingerprint density at radius 1 is 1.03 bits per heavy atom. The van der Waals surface area contributed by atoms with E-state index < -0.39 is 19.9 Å². The lowest BCUT2D eigenvalue weighted by molar-refractivity contribution is -0.176. The first kappa shape index (κ1) is 26.0. The molecule has 0 radical (unpaired) electrons. The molecule has 2 heterocycles. The van der Waals surface area contributed by atoms with E-state index in [1.807, 2.05) is 27.7 Å². The summed E-state index contributed by atoms with van der Waals surface area (Å²) in [4.78, 5) is 0. The molecule has 2 fully saturated rings. The van der Waals surface area contributed by atoms with E-state index in [1.54, 1.807) is 0 Å². The van der Waals surface area contributed by atoms with Crippen molar-refractivity contribution < 1.29 is 23.4 Å². The highest BCUT2D eigenvalue weighted by Gasteiger charge is 2.53. The minimum atomic E-state index is -2.07. The van der Waals surface area contributed by atoms with Crippen LogP contribution in [0.4, 0.5) is 0 Å². The lowest BCUT2D eigenvalue weighted by Crippen LogP contribution is -2.54. The Morgan fingerprint density at radius 3 is 2.23 bits per heavy atom. The van der Waals surface area contributed by atoms with Crippen molar-refractivity contribution in [2.75, 3.05) is 6.61 Å². The third kappa shape index (κ3) is 6.88. The minimum Gasteiger partial charge on any atom is -0.408 e. The van der Waals surface area contributed by atoms with Gasteiger partial charge in [-0.1, -0.05) is 52.7 Å². The van der Waals surface area contributed by atoms with Crippen LogP contribution in [0.25, 0.3) is 0 Å². The second kappa shape index (κ2) is 9.71. The van der Waals surface area contributed by atoms with Gasteiger partial charge in [0.2, 0.25) is 0 Å². The molecule has 0 aromatic rings. The zero-order valence-electron chi connectivity index (χ0n) is 21.0. The molecule has 6 heteroatoms. The maximum atomic E-state index is 6.93. The molecule has 2 saturated heterocycles. The molecule has 176 valence electrons. The summed E-state index contributed by atoms with van der Waals surface area (Å²) in [5.74, 6) is -1.27. The van der Waals surface area contributed by atoms with Crippen LogP contribution < -0.4 is 0 Å². The van der Waals surface area contributed by atoms with Crippen molar-refractivity contribution in [1.29, 1.82) is 0 Å². The van der Waals surface area contributed by atoms with E-state index >= 15 is 0 Å². The van der Waals surface area contributed by atoms with E-state index in [-0.39, 0.29) is 29.5 Å². The fourth-order valence-electron chi connectivity index (χ4n) is 3.71. The van der Waals surface area contributed by atoms with Gasteiger partial charge >= 0.3 is 0 Å². The predicted molar refractivity (Wildman–Crippen MR) is 124 cm³/mol. The second-order valence-corrected chi connectivity index (χ2v) is 16.0. The SMILES string of the molecule is CCCCC/C=C\[C@H]1OC(C)(C)O[C@H]1[C@H](O[Si](C)(C)C(C)(C)C)[C@@H]1COC(C)(C)O1. The van der Waals surface area contributed by atoms with E-state index in [9.17, 15) is 0 Å². The number of ether oxygens (including phenoxy) is 4. The molecule has 0 aliphatic carbocycles. The summed E-state index contributed by atoms with van der Waals surface area (Å²) < 4.78 is 31.8. The fourth-order valence-corrected chi connectivity index (χ4v) is 5.03. The first-order chi connectivity index (χ1) is 13.7. The molecule has 0 aromatic heterocycles. The molecule has 0 bridgehead atoms. The standard InChI is InChI=1S/C24H46O5Si/c1-11-12-13-14-15-16-18-20(28-24(7,8)26-18)21(19-17-25-23(5,6)27-19)29-30(9,10)22(2,3)4/h15-16,18-21H,11-14,17H2,1-10H3/b16-15-/t18-,19+,20-,21-/m1/s1. The van der Waals surface area contributed by atoms with Gasteiger partial charge in [0.05, 0.1) is 6.61 Å². The van der Waals surface area contributed by atoms with Crippen LogP contribution in [-0.4, -0.2) is 50.9 Å². The number of hydrogen-bond acceptors (Lipinski definition) is 5. The average molecular weight is 443 g/mol. The molecule has 0 spiro atoms. The third-order valence-electron chi connectivity index (χ3n) is 6.42. The summed E-state index contributed by atoms with van der Waals surface area (Å²) in [5.41, 5.74) is 0. The van der Waals surface area contributed by atoms with Crippen LogP contribution in [0, 0.1) is 0 Å². The van der Waals surface area contributed by atoms with Crippen LogP contribution in [0.15, 0.2) is 12.2 Å². The molecular weight excluding hydrogens is 396 g/mol. The molecule has 0 unspecified atom stereocenters. The van der Waals surface area contributed by atoms with Crippen molar-refractivity contribution in [2.24, 2.45) is 0 Å². The molecular formula is C24H46O5Si. The summed E-state index contributed by atoms with van der Waals surface area (Å²) in [7, 11) is -2.07. The van der Waals surface area contributed by atoms with Crippen molar-refractivity contribution in [3.63, 3.8) is 0 Å². The van der Waals surface area contributed by atoms with Crippen molar-refractivity contribution in [3.05, 3.63) is 12.2 Å². The zero-order chi connectivity index (χ0) is 22.8. The van der Waals surface area contributed by atoms with Gasteiger partial charge in [0, 0.05) is 0 Å². The first-order valence-corrected chi connectivity index (χ1v) is 14.6. The normalized spacial score (nSPS) is 30.3. The molecule has 30 heavy (non-hydrogen) atoms. The van der Waals surface area contributed by atoms with Gasteiger partial charge in [-0.25, -0.2) is 0 Å².